The number of carbonyl (C=O) groups excluding carboxylic acids is 1. The first-order chi connectivity index (χ1) is 9.17. The maximum atomic E-state index is 11.0. The van der Waals surface area contributed by atoms with Gasteiger partial charge in [0.25, 0.3) is 5.91 Å². The number of benzene rings is 1. The maximum absolute atomic E-state index is 11.0. The molecule has 0 aliphatic heterocycles. The van der Waals surface area contributed by atoms with Crippen LogP contribution in [0.3, 0.4) is 0 Å². The number of allylic oxidation sites excluding steroid dienone is 1. The van der Waals surface area contributed by atoms with Gasteiger partial charge in [-0.1, -0.05) is 31.9 Å². The number of carbonyl (C=O) groups is 1. The second-order valence-electron chi connectivity index (χ2n) is 4.38. The van der Waals surface area contributed by atoms with Gasteiger partial charge in [0.05, 0.1) is 6.61 Å². The van der Waals surface area contributed by atoms with Crippen molar-refractivity contribution in [2.24, 2.45) is 0 Å². The summed E-state index contributed by atoms with van der Waals surface area (Å²) in [5.41, 5.74) is 3.28. The van der Waals surface area contributed by atoms with Crippen molar-refractivity contribution < 1.29 is 14.7 Å². The summed E-state index contributed by atoms with van der Waals surface area (Å²) < 4.78 is 5.61. The Morgan fingerprint density at radius 2 is 2.00 bits per heavy atom. The van der Waals surface area contributed by atoms with E-state index in [0.717, 1.165) is 29.9 Å². The highest BCUT2D eigenvalue weighted by Crippen LogP contribution is 2.18. The molecule has 0 heterocycles. The van der Waals surface area contributed by atoms with Gasteiger partial charge in [-0.2, -0.15) is 0 Å². The highest BCUT2D eigenvalue weighted by atomic mass is 16.5. The van der Waals surface area contributed by atoms with E-state index in [-0.39, 0.29) is 0 Å². The molecule has 0 saturated carbocycles. The van der Waals surface area contributed by atoms with Gasteiger partial charge < -0.3 is 4.74 Å². The van der Waals surface area contributed by atoms with Crippen molar-refractivity contribution in [3.8, 4) is 5.75 Å². The molecule has 0 saturated heterocycles. The Labute approximate surface area is 114 Å². The van der Waals surface area contributed by atoms with E-state index in [0.29, 0.717) is 0 Å². The molecule has 0 aromatic heterocycles. The van der Waals surface area contributed by atoms with E-state index in [2.05, 4.69) is 6.92 Å². The Bertz CT molecular complexity index is 424. The molecular formula is C15H21NO3. The van der Waals surface area contributed by atoms with Crippen molar-refractivity contribution in [1.82, 2.24) is 5.48 Å². The molecule has 0 radical (unpaired) electrons. The van der Waals surface area contributed by atoms with Crippen molar-refractivity contribution in [2.45, 2.75) is 33.1 Å². The minimum atomic E-state index is -0.530. The third-order valence-electron chi connectivity index (χ3n) is 2.78. The van der Waals surface area contributed by atoms with E-state index in [1.54, 1.807) is 5.48 Å². The number of unbranched alkanes of at least 4 members (excludes halogenated alkanes) is 2. The smallest absolute Gasteiger partial charge is 0.267 e. The molecule has 4 heteroatoms. The van der Waals surface area contributed by atoms with Gasteiger partial charge >= 0.3 is 0 Å². The molecule has 0 aliphatic rings. The van der Waals surface area contributed by atoms with Crippen LogP contribution in [-0.4, -0.2) is 17.7 Å². The molecule has 0 spiro atoms. The van der Waals surface area contributed by atoms with Crippen LogP contribution in [0.2, 0.25) is 0 Å². The highest BCUT2D eigenvalue weighted by molar-refractivity contribution is 5.94. The number of amides is 1. The second kappa shape index (κ2) is 8.32. The molecule has 1 aromatic carbocycles. The molecule has 0 unspecified atom stereocenters. The first kappa shape index (κ1) is 15.2. The largest absolute Gasteiger partial charge is 0.494 e. The lowest BCUT2D eigenvalue weighted by molar-refractivity contribution is -0.124. The molecule has 0 fully saturated rings. The van der Waals surface area contributed by atoms with Gasteiger partial charge in [0.2, 0.25) is 0 Å². The third kappa shape index (κ3) is 5.57. The molecular weight excluding hydrogens is 242 g/mol. The first-order valence-electron chi connectivity index (χ1n) is 6.53. The van der Waals surface area contributed by atoms with Gasteiger partial charge in [-0.05, 0) is 36.6 Å². The zero-order chi connectivity index (χ0) is 14.1. The second-order valence-corrected chi connectivity index (χ2v) is 4.38. The number of ether oxygens (including phenoxy) is 1. The van der Waals surface area contributed by atoms with Gasteiger partial charge in [0.15, 0.2) is 0 Å². The number of hydroxylamine groups is 1. The summed E-state index contributed by atoms with van der Waals surface area (Å²) in [4.78, 5) is 11.0. The molecule has 104 valence electrons. The predicted molar refractivity (Wildman–Crippen MR) is 75.0 cm³/mol. The van der Waals surface area contributed by atoms with Crippen LogP contribution in [0.1, 0.15) is 38.7 Å². The average Bonchev–Trinajstić information content (AvgIpc) is 2.44. The SMILES string of the molecule is CCCCCOc1ccc(C(C)=CC(=O)NO)cc1. The summed E-state index contributed by atoms with van der Waals surface area (Å²) >= 11 is 0. The first-order valence-corrected chi connectivity index (χ1v) is 6.53. The number of hydrogen-bond acceptors (Lipinski definition) is 3. The highest BCUT2D eigenvalue weighted by Gasteiger charge is 2.00. The Morgan fingerprint density at radius 1 is 1.32 bits per heavy atom. The molecule has 1 aromatic rings. The molecule has 0 bridgehead atoms. The van der Waals surface area contributed by atoms with E-state index >= 15 is 0 Å². The van der Waals surface area contributed by atoms with Crippen LogP contribution in [0.15, 0.2) is 30.3 Å². The van der Waals surface area contributed by atoms with Gasteiger partial charge in [-0.25, -0.2) is 5.48 Å². The zero-order valence-electron chi connectivity index (χ0n) is 11.5. The predicted octanol–water partition coefficient (Wildman–Crippen LogP) is 3.16. The summed E-state index contributed by atoms with van der Waals surface area (Å²) in [6.45, 7) is 4.70. The number of rotatable bonds is 7. The van der Waals surface area contributed by atoms with Crippen molar-refractivity contribution in [3.05, 3.63) is 35.9 Å². The molecule has 19 heavy (non-hydrogen) atoms. The standard InChI is InChI=1S/C15H21NO3/c1-3-4-5-10-19-14-8-6-13(7-9-14)12(2)11-15(17)16-18/h6-9,11,18H,3-5,10H2,1-2H3,(H,16,17). The van der Waals surface area contributed by atoms with Crippen LogP contribution in [0.25, 0.3) is 5.57 Å². The van der Waals surface area contributed by atoms with E-state index in [9.17, 15) is 4.79 Å². The van der Waals surface area contributed by atoms with Gasteiger partial charge in [-0.3, -0.25) is 10.0 Å². The fourth-order valence-electron chi connectivity index (χ4n) is 1.67. The van der Waals surface area contributed by atoms with Gasteiger partial charge in [0.1, 0.15) is 5.75 Å². The summed E-state index contributed by atoms with van der Waals surface area (Å²) in [6, 6.07) is 7.56. The quantitative estimate of drug-likeness (QED) is 0.344. The lowest BCUT2D eigenvalue weighted by Crippen LogP contribution is -2.15. The summed E-state index contributed by atoms with van der Waals surface area (Å²) in [6.07, 6.45) is 4.76. The Kier molecular flexibility index (Phi) is 6.68. The van der Waals surface area contributed by atoms with E-state index < -0.39 is 5.91 Å². The van der Waals surface area contributed by atoms with Gasteiger partial charge in [0, 0.05) is 6.08 Å². The molecule has 2 N–H and O–H groups in total. The number of nitrogens with one attached hydrogen (secondary N) is 1. The molecule has 4 nitrogen and oxygen atoms in total. The zero-order valence-corrected chi connectivity index (χ0v) is 11.5. The number of hydrogen-bond donors (Lipinski definition) is 2. The molecule has 1 rings (SSSR count). The lowest BCUT2D eigenvalue weighted by atomic mass is 10.1. The average molecular weight is 263 g/mol. The van der Waals surface area contributed by atoms with Crippen LogP contribution < -0.4 is 10.2 Å². The van der Waals surface area contributed by atoms with Crippen LogP contribution in [-0.2, 0) is 4.79 Å². The summed E-state index contributed by atoms with van der Waals surface area (Å²) in [7, 11) is 0. The van der Waals surface area contributed by atoms with Crippen molar-refractivity contribution >= 4 is 11.5 Å². The van der Waals surface area contributed by atoms with Crippen molar-refractivity contribution in [2.75, 3.05) is 6.61 Å². The lowest BCUT2D eigenvalue weighted by Gasteiger charge is -2.07. The fraction of sp³-hybridized carbons (Fsp3) is 0.400. The molecule has 0 atom stereocenters. The fourth-order valence-corrected chi connectivity index (χ4v) is 1.67. The van der Waals surface area contributed by atoms with Crippen molar-refractivity contribution in [1.29, 1.82) is 0 Å². The Hall–Kier alpha value is -1.81. The third-order valence-corrected chi connectivity index (χ3v) is 2.78. The van der Waals surface area contributed by atoms with E-state index in [4.69, 9.17) is 9.94 Å². The van der Waals surface area contributed by atoms with Crippen molar-refractivity contribution in [3.63, 3.8) is 0 Å². The van der Waals surface area contributed by atoms with Crippen LogP contribution in [0, 0.1) is 0 Å². The van der Waals surface area contributed by atoms with E-state index in [1.165, 1.54) is 18.9 Å². The monoisotopic (exact) mass is 263 g/mol. The van der Waals surface area contributed by atoms with E-state index in [1.807, 2.05) is 31.2 Å². The van der Waals surface area contributed by atoms with Gasteiger partial charge in [-0.15, -0.1) is 0 Å². The molecule has 0 aliphatic carbocycles. The topological polar surface area (TPSA) is 58.6 Å². The summed E-state index contributed by atoms with van der Waals surface area (Å²) in [5, 5.41) is 8.45. The Balaban J connectivity index is 2.56. The van der Waals surface area contributed by atoms with Crippen LogP contribution >= 0.6 is 0 Å². The molecule has 1 amide bonds. The normalized spacial score (nSPS) is 11.2. The van der Waals surface area contributed by atoms with Crippen LogP contribution in [0.5, 0.6) is 5.75 Å². The minimum absolute atomic E-state index is 0.530. The summed E-state index contributed by atoms with van der Waals surface area (Å²) in [5.74, 6) is 0.302. The maximum Gasteiger partial charge on any atom is 0.267 e. The van der Waals surface area contributed by atoms with Crippen LogP contribution in [0.4, 0.5) is 0 Å². The minimum Gasteiger partial charge on any atom is -0.494 e. The Morgan fingerprint density at radius 3 is 2.58 bits per heavy atom.